The Morgan fingerprint density at radius 3 is 1.21 bits per heavy atom. The van der Waals surface area contributed by atoms with E-state index in [0.29, 0.717) is 0 Å². The lowest BCUT2D eigenvalue weighted by atomic mass is 10.1. The molecular formula is C36H51N3S3. The van der Waals surface area contributed by atoms with Gasteiger partial charge >= 0.3 is 0 Å². The predicted molar refractivity (Wildman–Crippen MR) is 189 cm³/mol. The van der Waals surface area contributed by atoms with Crippen molar-refractivity contribution in [3.8, 4) is 0 Å². The molecule has 0 atom stereocenters. The van der Waals surface area contributed by atoms with Crippen LogP contribution in [0.4, 0.5) is 0 Å². The van der Waals surface area contributed by atoms with Crippen molar-refractivity contribution in [3.05, 3.63) is 88.0 Å². The molecule has 3 nitrogen and oxygen atoms in total. The van der Waals surface area contributed by atoms with Gasteiger partial charge in [0.05, 0.1) is 0 Å². The van der Waals surface area contributed by atoms with Crippen LogP contribution >= 0.6 is 37.9 Å². The highest BCUT2D eigenvalue weighted by Crippen LogP contribution is 2.23. The summed E-state index contributed by atoms with van der Waals surface area (Å²) >= 11 is 14.7. The maximum atomic E-state index is 4.92. The van der Waals surface area contributed by atoms with Gasteiger partial charge in [0.1, 0.15) is 0 Å². The lowest BCUT2D eigenvalue weighted by Crippen LogP contribution is -2.35. The molecule has 1 heterocycles. The Hall–Kier alpha value is -1.41. The number of hydrogen-bond acceptors (Lipinski definition) is 6. The van der Waals surface area contributed by atoms with Gasteiger partial charge in [0.2, 0.25) is 0 Å². The minimum atomic E-state index is 0.925. The Labute approximate surface area is 272 Å². The fourth-order valence-corrected chi connectivity index (χ4v) is 6.72. The minimum absolute atomic E-state index is 0.925. The topological polar surface area (TPSA) is 9.72 Å². The first-order valence-electron chi connectivity index (χ1n) is 15.9. The molecule has 1 fully saturated rings. The summed E-state index contributed by atoms with van der Waals surface area (Å²) in [5.74, 6) is 0. The van der Waals surface area contributed by atoms with Crippen LogP contribution in [0.2, 0.25) is 0 Å². The van der Waals surface area contributed by atoms with E-state index in [2.05, 4.69) is 90.1 Å². The summed E-state index contributed by atoms with van der Waals surface area (Å²) in [6.07, 6.45) is 7.18. The van der Waals surface area contributed by atoms with Gasteiger partial charge in [0, 0.05) is 73.6 Å². The van der Waals surface area contributed by atoms with Crippen molar-refractivity contribution in [1.29, 1.82) is 0 Å². The highest BCUT2D eigenvalue weighted by molar-refractivity contribution is 7.80. The van der Waals surface area contributed by atoms with E-state index in [1.165, 1.54) is 59.1 Å². The van der Waals surface area contributed by atoms with Crippen LogP contribution < -0.4 is 0 Å². The predicted octanol–water partition coefficient (Wildman–Crippen LogP) is 8.37. The number of thiol groups is 3. The first-order chi connectivity index (χ1) is 20.3. The average Bonchev–Trinajstić information content (AvgIpc) is 3.06. The quantitative estimate of drug-likeness (QED) is 0.176. The lowest BCUT2D eigenvalue weighted by Gasteiger charge is -2.27. The van der Waals surface area contributed by atoms with Crippen molar-refractivity contribution in [2.24, 2.45) is 0 Å². The van der Waals surface area contributed by atoms with Gasteiger partial charge in [-0.2, -0.15) is 0 Å². The van der Waals surface area contributed by atoms with E-state index in [9.17, 15) is 0 Å². The molecule has 42 heavy (non-hydrogen) atoms. The molecule has 0 spiro atoms. The second kappa shape index (κ2) is 17.2. The van der Waals surface area contributed by atoms with Gasteiger partial charge in [0.25, 0.3) is 0 Å². The van der Waals surface area contributed by atoms with Crippen LogP contribution in [0.15, 0.2) is 69.3 Å². The number of hydrogen-bond donors (Lipinski definition) is 3. The van der Waals surface area contributed by atoms with E-state index in [4.69, 9.17) is 37.9 Å². The molecule has 0 aliphatic carbocycles. The number of aryl methyl sites for hydroxylation is 3. The summed E-state index contributed by atoms with van der Waals surface area (Å²) in [5, 5.41) is 0. The van der Waals surface area contributed by atoms with Crippen LogP contribution in [-0.2, 0) is 32.5 Å². The number of nitrogens with zero attached hydrogens (tertiary/aromatic N) is 3. The second-order valence-electron chi connectivity index (χ2n) is 12.1. The zero-order valence-corrected chi connectivity index (χ0v) is 28.7. The molecule has 0 amide bonds. The number of benzene rings is 3. The average molecular weight is 622 g/mol. The second-order valence-corrected chi connectivity index (χ2v) is 13.5. The van der Waals surface area contributed by atoms with Crippen LogP contribution in [0.3, 0.4) is 0 Å². The van der Waals surface area contributed by atoms with Crippen LogP contribution in [-0.4, -0.2) is 54.0 Å². The molecule has 3 aromatic rings. The Morgan fingerprint density at radius 1 is 0.524 bits per heavy atom. The fourth-order valence-electron chi connectivity index (χ4n) is 5.75. The molecule has 4 rings (SSSR count). The molecule has 1 saturated heterocycles. The van der Waals surface area contributed by atoms with E-state index < -0.39 is 0 Å². The van der Waals surface area contributed by atoms with E-state index in [1.54, 1.807) is 0 Å². The first-order valence-corrected chi connectivity index (χ1v) is 17.3. The Kier molecular flexibility index (Phi) is 13.7. The van der Waals surface area contributed by atoms with Gasteiger partial charge < -0.3 is 0 Å². The number of rotatable bonds is 12. The molecule has 0 unspecified atom stereocenters. The zero-order valence-electron chi connectivity index (χ0n) is 26.0. The van der Waals surface area contributed by atoms with Crippen molar-refractivity contribution in [1.82, 2.24) is 14.7 Å². The van der Waals surface area contributed by atoms with E-state index >= 15 is 0 Å². The Bertz CT molecular complexity index is 1210. The third-order valence-electron chi connectivity index (χ3n) is 8.56. The molecular weight excluding hydrogens is 571 g/mol. The normalized spacial score (nSPS) is 15.9. The number of unbranched alkanes of at least 4 members (excludes halogenated alkanes) is 2. The Balaban J connectivity index is 1.50. The monoisotopic (exact) mass is 621 g/mol. The Morgan fingerprint density at radius 2 is 0.881 bits per heavy atom. The van der Waals surface area contributed by atoms with E-state index in [1.807, 2.05) is 0 Å². The summed E-state index contributed by atoms with van der Waals surface area (Å²) in [7, 11) is 0. The minimum Gasteiger partial charge on any atom is -0.297 e. The third kappa shape index (κ3) is 10.3. The van der Waals surface area contributed by atoms with Gasteiger partial charge in [-0.1, -0.05) is 68.7 Å². The summed E-state index contributed by atoms with van der Waals surface area (Å²) in [6.45, 7) is 15.7. The van der Waals surface area contributed by atoms with Crippen molar-refractivity contribution < 1.29 is 0 Å². The van der Waals surface area contributed by atoms with Gasteiger partial charge in [-0.05, 0) is 78.6 Å². The molecule has 0 saturated carbocycles. The molecule has 1 aliphatic heterocycles. The highest BCUT2D eigenvalue weighted by atomic mass is 32.1. The molecule has 6 heteroatoms. The van der Waals surface area contributed by atoms with E-state index in [-0.39, 0.29) is 0 Å². The largest absolute Gasteiger partial charge is 0.297 e. The zero-order chi connectivity index (χ0) is 29.9. The van der Waals surface area contributed by atoms with Crippen molar-refractivity contribution in [2.75, 3.05) is 39.3 Å². The van der Waals surface area contributed by atoms with Gasteiger partial charge in [-0.3, -0.25) is 14.7 Å². The highest BCUT2D eigenvalue weighted by Gasteiger charge is 2.19. The molecule has 0 radical (unpaired) electrons. The van der Waals surface area contributed by atoms with E-state index in [0.717, 1.165) is 86.4 Å². The van der Waals surface area contributed by atoms with Crippen LogP contribution in [0.1, 0.15) is 72.9 Å². The summed E-state index contributed by atoms with van der Waals surface area (Å²) in [5.41, 5.74) is 8.02. The fraction of sp³-hybridized carbons (Fsp3) is 0.500. The van der Waals surface area contributed by atoms with Crippen molar-refractivity contribution >= 4 is 37.9 Å². The SMILES string of the molecule is CCCCc1ccc(CN2CCN(Cc3ccc(C)cc3S)CCN(Cc3ccc(CCCC)cc3S)CC2)c(S)c1. The summed E-state index contributed by atoms with van der Waals surface area (Å²) in [4.78, 5) is 11.2. The molecule has 0 bridgehead atoms. The van der Waals surface area contributed by atoms with Crippen LogP contribution in [0.5, 0.6) is 0 Å². The molecule has 228 valence electrons. The van der Waals surface area contributed by atoms with Crippen LogP contribution in [0.25, 0.3) is 0 Å². The molecule has 0 aromatic heterocycles. The maximum absolute atomic E-state index is 4.92. The van der Waals surface area contributed by atoms with Gasteiger partial charge in [0.15, 0.2) is 0 Å². The van der Waals surface area contributed by atoms with Crippen molar-refractivity contribution in [2.45, 2.75) is 93.6 Å². The summed E-state index contributed by atoms with van der Waals surface area (Å²) in [6, 6.07) is 20.4. The van der Waals surface area contributed by atoms with Gasteiger partial charge in [-0.15, -0.1) is 37.9 Å². The molecule has 3 aromatic carbocycles. The smallest absolute Gasteiger partial charge is 0.0245 e. The lowest BCUT2D eigenvalue weighted by molar-refractivity contribution is 0.208. The maximum Gasteiger partial charge on any atom is 0.0245 e. The molecule has 0 N–H and O–H groups in total. The summed E-state index contributed by atoms with van der Waals surface area (Å²) < 4.78 is 0. The van der Waals surface area contributed by atoms with Gasteiger partial charge in [-0.25, -0.2) is 0 Å². The van der Waals surface area contributed by atoms with Crippen molar-refractivity contribution in [3.63, 3.8) is 0 Å². The third-order valence-corrected chi connectivity index (χ3v) is 9.81. The van der Waals surface area contributed by atoms with Crippen LogP contribution in [0, 0.1) is 6.92 Å². The first kappa shape index (κ1) is 33.5. The standard InChI is InChI=1S/C36H51N3S3/c1-4-6-8-29-11-14-32(35(41)23-29)26-38-18-16-37(25-31-13-10-28(3)22-34(31)40)17-19-39(21-20-38)27-33-15-12-30(9-7-5-2)24-36(33)42/h10-15,22-24,40-42H,4-9,16-21,25-27H2,1-3H3. The molecule has 1 aliphatic rings.